The van der Waals surface area contributed by atoms with Crippen LogP contribution in [0.25, 0.3) is 0 Å². The Labute approximate surface area is 241 Å². The van der Waals surface area contributed by atoms with E-state index in [4.69, 9.17) is 27.9 Å². The average molecular weight is 568 g/mol. The van der Waals surface area contributed by atoms with Crippen LogP contribution in [0.2, 0.25) is 10.0 Å². The Morgan fingerprint density at radius 1 is 0.872 bits per heavy atom. The Kier molecular flexibility index (Phi) is 11.1. The standard InChI is InChI=1S/C32H36Cl2N2O3/c33-26-16-18-29(19-17-26)39-20-8-15-31(37)36(23-25-11-7-12-27(34)21-25)30(22-24-9-3-1-4-10-24)32(38)35-28-13-5-2-6-14-28/h1,3-4,7,9-12,16-19,21,28,30H,2,5-6,8,13-15,20,22-23H2,(H,35,38)/t30-/m0/s1. The maximum absolute atomic E-state index is 13.8. The fraction of sp³-hybridized carbons (Fsp3) is 0.375. The summed E-state index contributed by atoms with van der Waals surface area (Å²) in [6.45, 7) is 0.684. The molecule has 0 bridgehead atoms. The van der Waals surface area contributed by atoms with E-state index in [0.29, 0.717) is 41.8 Å². The van der Waals surface area contributed by atoms with Crippen molar-refractivity contribution in [2.24, 2.45) is 0 Å². The summed E-state index contributed by atoms with van der Waals surface area (Å²) >= 11 is 12.2. The summed E-state index contributed by atoms with van der Waals surface area (Å²) in [5.74, 6) is 0.518. The van der Waals surface area contributed by atoms with Gasteiger partial charge in [0.2, 0.25) is 11.8 Å². The van der Waals surface area contributed by atoms with Gasteiger partial charge in [-0.1, -0.05) is 84.9 Å². The highest BCUT2D eigenvalue weighted by Crippen LogP contribution is 2.22. The second-order valence-electron chi connectivity index (χ2n) is 10.1. The second kappa shape index (κ2) is 14.9. The van der Waals surface area contributed by atoms with E-state index in [1.165, 1.54) is 6.42 Å². The third kappa shape index (κ3) is 9.29. The Balaban J connectivity index is 1.51. The minimum absolute atomic E-state index is 0.0885. The summed E-state index contributed by atoms with van der Waals surface area (Å²) < 4.78 is 5.80. The van der Waals surface area contributed by atoms with Crippen molar-refractivity contribution in [1.29, 1.82) is 0 Å². The van der Waals surface area contributed by atoms with Gasteiger partial charge in [0.15, 0.2) is 0 Å². The fourth-order valence-corrected chi connectivity index (χ4v) is 5.36. The topological polar surface area (TPSA) is 58.6 Å². The van der Waals surface area contributed by atoms with Crippen molar-refractivity contribution in [3.63, 3.8) is 0 Å². The van der Waals surface area contributed by atoms with Crippen LogP contribution in [0.3, 0.4) is 0 Å². The van der Waals surface area contributed by atoms with E-state index >= 15 is 0 Å². The van der Waals surface area contributed by atoms with Crippen molar-refractivity contribution in [1.82, 2.24) is 10.2 Å². The summed E-state index contributed by atoms with van der Waals surface area (Å²) in [5, 5.41) is 4.51. The van der Waals surface area contributed by atoms with Crippen molar-refractivity contribution in [2.75, 3.05) is 6.61 Å². The zero-order chi connectivity index (χ0) is 27.5. The van der Waals surface area contributed by atoms with Gasteiger partial charge in [0.05, 0.1) is 6.61 Å². The van der Waals surface area contributed by atoms with Crippen LogP contribution in [0.1, 0.15) is 56.1 Å². The van der Waals surface area contributed by atoms with Crippen molar-refractivity contribution >= 4 is 35.0 Å². The lowest BCUT2D eigenvalue weighted by atomic mass is 9.94. The highest BCUT2D eigenvalue weighted by molar-refractivity contribution is 6.30. The first-order valence-corrected chi connectivity index (χ1v) is 14.5. The Hall–Kier alpha value is -3.02. The maximum Gasteiger partial charge on any atom is 0.243 e. The van der Waals surface area contributed by atoms with Gasteiger partial charge in [-0.15, -0.1) is 0 Å². The molecule has 1 atom stereocenters. The van der Waals surface area contributed by atoms with Gasteiger partial charge in [0.25, 0.3) is 0 Å². The number of hydrogen-bond acceptors (Lipinski definition) is 3. The minimum Gasteiger partial charge on any atom is -0.494 e. The van der Waals surface area contributed by atoms with Crippen molar-refractivity contribution in [3.8, 4) is 5.75 Å². The lowest BCUT2D eigenvalue weighted by Gasteiger charge is -2.33. The molecule has 2 amide bonds. The number of amides is 2. The number of halogens is 2. The predicted molar refractivity (Wildman–Crippen MR) is 157 cm³/mol. The minimum atomic E-state index is -0.641. The van der Waals surface area contributed by atoms with Gasteiger partial charge in [-0.25, -0.2) is 0 Å². The molecule has 0 aliphatic heterocycles. The van der Waals surface area contributed by atoms with E-state index in [9.17, 15) is 9.59 Å². The summed E-state index contributed by atoms with van der Waals surface area (Å²) in [5.41, 5.74) is 1.90. The van der Waals surface area contributed by atoms with E-state index < -0.39 is 6.04 Å². The molecule has 0 unspecified atom stereocenters. The lowest BCUT2D eigenvalue weighted by Crippen LogP contribution is -2.52. The number of rotatable bonds is 12. The summed E-state index contributed by atoms with van der Waals surface area (Å²) in [7, 11) is 0. The van der Waals surface area contributed by atoms with Gasteiger partial charge >= 0.3 is 0 Å². The van der Waals surface area contributed by atoms with Crippen LogP contribution >= 0.6 is 23.2 Å². The van der Waals surface area contributed by atoms with E-state index in [2.05, 4.69) is 5.32 Å². The van der Waals surface area contributed by atoms with Crippen LogP contribution in [0.4, 0.5) is 0 Å². The third-order valence-electron chi connectivity index (χ3n) is 7.08. The molecule has 0 radical (unpaired) electrons. The molecule has 0 heterocycles. The fourth-order valence-electron chi connectivity index (χ4n) is 5.02. The Bertz CT molecular complexity index is 1200. The van der Waals surface area contributed by atoms with E-state index in [0.717, 1.165) is 36.8 Å². The van der Waals surface area contributed by atoms with Crippen molar-refractivity contribution in [2.45, 2.75) is 70.0 Å². The highest BCUT2D eigenvalue weighted by atomic mass is 35.5. The SMILES string of the molecule is O=C(NC1CCCCC1)[C@H](Cc1ccccc1)N(Cc1cccc(Cl)c1)C(=O)CCCOc1ccc(Cl)cc1. The largest absolute Gasteiger partial charge is 0.494 e. The van der Waals surface area contributed by atoms with Crippen molar-refractivity contribution < 1.29 is 14.3 Å². The number of carbonyl (C=O) groups is 2. The van der Waals surface area contributed by atoms with Gasteiger partial charge in [-0.05, 0) is 66.8 Å². The molecule has 4 rings (SSSR count). The molecule has 1 fully saturated rings. The quantitative estimate of drug-likeness (QED) is 0.235. The lowest BCUT2D eigenvalue weighted by molar-refractivity contribution is -0.141. The van der Waals surface area contributed by atoms with Crippen LogP contribution in [0, 0.1) is 0 Å². The van der Waals surface area contributed by atoms with Gasteiger partial charge in [-0.2, -0.15) is 0 Å². The first-order valence-electron chi connectivity index (χ1n) is 13.7. The summed E-state index contributed by atoms with van der Waals surface area (Å²) in [6, 6.07) is 24.0. The van der Waals surface area contributed by atoms with E-state index in [1.807, 2.05) is 54.6 Å². The molecular weight excluding hydrogens is 531 g/mol. The zero-order valence-corrected chi connectivity index (χ0v) is 23.7. The van der Waals surface area contributed by atoms with Crippen molar-refractivity contribution in [3.05, 3.63) is 100 Å². The van der Waals surface area contributed by atoms with Crippen LogP contribution in [-0.2, 0) is 22.6 Å². The van der Waals surface area contributed by atoms with Gasteiger partial charge in [0.1, 0.15) is 11.8 Å². The second-order valence-corrected chi connectivity index (χ2v) is 11.0. The smallest absolute Gasteiger partial charge is 0.243 e. The van der Waals surface area contributed by atoms with E-state index in [1.54, 1.807) is 29.2 Å². The summed E-state index contributed by atoms with van der Waals surface area (Å²) in [6.07, 6.45) is 6.62. The monoisotopic (exact) mass is 566 g/mol. The molecular formula is C32H36Cl2N2O3. The maximum atomic E-state index is 13.8. The van der Waals surface area contributed by atoms with Gasteiger partial charge in [-0.3, -0.25) is 9.59 Å². The number of carbonyl (C=O) groups excluding carboxylic acids is 2. The van der Waals surface area contributed by atoms with Crippen LogP contribution in [0.5, 0.6) is 5.75 Å². The first-order chi connectivity index (χ1) is 19.0. The molecule has 0 aromatic heterocycles. The number of hydrogen-bond donors (Lipinski definition) is 1. The molecule has 0 saturated heterocycles. The molecule has 39 heavy (non-hydrogen) atoms. The number of nitrogens with one attached hydrogen (secondary N) is 1. The summed E-state index contributed by atoms with van der Waals surface area (Å²) in [4.78, 5) is 29.3. The molecule has 0 spiro atoms. The Morgan fingerprint density at radius 2 is 1.59 bits per heavy atom. The number of ether oxygens (including phenoxy) is 1. The average Bonchev–Trinajstić information content (AvgIpc) is 2.95. The third-order valence-corrected chi connectivity index (χ3v) is 7.57. The van der Waals surface area contributed by atoms with Crippen LogP contribution in [0.15, 0.2) is 78.9 Å². The zero-order valence-electron chi connectivity index (χ0n) is 22.2. The molecule has 3 aromatic rings. The number of benzene rings is 3. The Morgan fingerprint density at radius 3 is 2.31 bits per heavy atom. The predicted octanol–water partition coefficient (Wildman–Crippen LogP) is 7.24. The molecule has 1 saturated carbocycles. The molecule has 1 N–H and O–H groups in total. The molecule has 206 valence electrons. The van der Waals surface area contributed by atoms with Gasteiger partial charge < -0.3 is 15.0 Å². The molecule has 3 aromatic carbocycles. The number of nitrogens with zero attached hydrogens (tertiary/aromatic N) is 1. The van der Waals surface area contributed by atoms with Crippen LogP contribution < -0.4 is 10.1 Å². The molecule has 1 aliphatic carbocycles. The van der Waals surface area contributed by atoms with E-state index in [-0.39, 0.29) is 24.3 Å². The van der Waals surface area contributed by atoms with Crippen LogP contribution in [-0.4, -0.2) is 35.4 Å². The normalized spacial score (nSPS) is 14.4. The molecule has 7 heteroatoms. The molecule has 5 nitrogen and oxygen atoms in total. The first kappa shape index (κ1) is 29.0. The van der Waals surface area contributed by atoms with Gasteiger partial charge in [0, 0.05) is 35.5 Å². The highest BCUT2D eigenvalue weighted by Gasteiger charge is 2.31. The molecule has 1 aliphatic rings.